The molecular formula is C15H14N4O4. The Kier molecular flexibility index (Phi) is 4.98. The standard InChI is InChI=1S/C15H14N4O4/c1-2-10-3-5-12(16-8-10)15(21)18-17-9-11-4-6-14(20)13(7-11)19(22)23/h3-9,20H,2H2,1H3,(H,18,21)/b17-9+. The molecule has 0 fully saturated rings. The van der Waals surface area contributed by atoms with Crippen molar-refractivity contribution in [2.45, 2.75) is 13.3 Å². The number of aromatic hydroxyl groups is 1. The summed E-state index contributed by atoms with van der Waals surface area (Å²) in [7, 11) is 0. The molecule has 1 amide bonds. The molecule has 2 rings (SSSR count). The number of aryl methyl sites for hydroxylation is 1. The number of carbonyl (C=O) groups excluding carboxylic acids is 1. The molecule has 0 saturated carbocycles. The first-order chi connectivity index (χ1) is 11.0. The van der Waals surface area contributed by atoms with Crippen LogP contribution in [0.2, 0.25) is 0 Å². The summed E-state index contributed by atoms with van der Waals surface area (Å²) in [6.07, 6.45) is 3.68. The van der Waals surface area contributed by atoms with Gasteiger partial charge in [-0.25, -0.2) is 5.43 Å². The van der Waals surface area contributed by atoms with Crippen LogP contribution in [0, 0.1) is 10.1 Å². The first kappa shape index (κ1) is 16.1. The molecule has 23 heavy (non-hydrogen) atoms. The predicted molar refractivity (Wildman–Crippen MR) is 83.4 cm³/mol. The van der Waals surface area contributed by atoms with Crippen LogP contribution in [-0.4, -0.2) is 27.1 Å². The highest BCUT2D eigenvalue weighted by molar-refractivity contribution is 5.93. The zero-order valence-electron chi connectivity index (χ0n) is 12.3. The molecule has 0 bridgehead atoms. The van der Waals surface area contributed by atoms with Gasteiger partial charge in [-0.2, -0.15) is 5.10 Å². The van der Waals surface area contributed by atoms with E-state index in [2.05, 4.69) is 15.5 Å². The van der Waals surface area contributed by atoms with E-state index in [0.29, 0.717) is 5.56 Å². The first-order valence-electron chi connectivity index (χ1n) is 6.77. The molecule has 1 heterocycles. The van der Waals surface area contributed by atoms with Gasteiger partial charge in [-0.05, 0) is 30.2 Å². The number of nitrogens with one attached hydrogen (secondary N) is 1. The molecule has 1 aromatic carbocycles. The highest BCUT2D eigenvalue weighted by atomic mass is 16.6. The van der Waals surface area contributed by atoms with E-state index in [0.717, 1.165) is 18.1 Å². The van der Waals surface area contributed by atoms with Gasteiger partial charge in [0.2, 0.25) is 0 Å². The molecule has 2 aromatic rings. The number of pyridine rings is 1. The Labute approximate surface area is 131 Å². The lowest BCUT2D eigenvalue weighted by molar-refractivity contribution is -0.385. The molecular weight excluding hydrogens is 300 g/mol. The predicted octanol–water partition coefficient (Wildman–Crippen LogP) is 2.02. The number of amides is 1. The van der Waals surface area contributed by atoms with Gasteiger partial charge in [0.25, 0.3) is 5.91 Å². The first-order valence-corrected chi connectivity index (χ1v) is 6.77. The summed E-state index contributed by atoms with van der Waals surface area (Å²) >= 11 is 0. The van der Waals surface area contributed by atoms with E-state index >= 15 is 0 Å². The van der Waals surface area contributed by atoms with Crippen LogP contribution >= 0.6 is 0 Å². The molecule has 8 nitrogen and oxygen atoms in total. The summed E-state index contributed by atoms with van der Waals surface area (Å²) in [6, 6.07) is 7.17. The van der Waals surface area contributed by atoms with Crippen molar-refractivity contribution in [3.8, 4) is 5.75 Å². The second-order valence-electron chi connectivity index (χ2n) is 4.61. The highest BCUT2D eigenvalue weighted by Crippen LogP contribution is 2.25. The summed E-state index contributed by atoms with van der Waals surface area (Å²) in [5.41, 5.74) is 3.45. The number of benzene rings is 1. The van der Waals surface area contributed by atoms with Gasteiger partial charge in [-0.1, -0.05) is 13.0 Å². The van der Waals surface area contributed by atoms with Crippen molar-refractivity contribution in [3.63, 3.8) is 0 Å². The Morgan fingerprint density at radius 2 is 2.22 bits per heavy atom. The summed E-state index contributed by atoms with van der Waals surface area (Å²) in [5.74, 6) is -0.923. The fourth-order valence-corrected chi connectivity index (χ4v) is 1.76. The van der Waals surface area contributed by atoms with Gasteiger partial charge in [0.05, 0.1) is 11.1 Å². The van der Waals surface area contributed by atoms with Crippen molar-refractivity contribution in [2.24, 2.45) is 5.10 Å². The van der Waals surface area contributed by atoms with Crippen LogP contribution in [0.3, 0.4) is 0 Å². The number of phenolic OH excluding ortho intramolecular Hbond substituents is 1. The number of phenols is 1. The molecule has 0 spiro atoms. The normalized spacial score (nSPS) is 10.7. The third-order valence-electron chi connectivity index (χ3n) is 3.04. The lowest BCUT2D eigenvalue weighted by atomic mass is 10.2. The van der Waals surface area contributed by atoms with E-state index in [9.17, 15) is 20.0 Å². The van der Waals surface area contributed by atoms with Gasteiger partial charge in [0.1, 0.15) is 5.69 Å². The summed E-state index contributed by atoms with van der Waals surface area (Å²) < 4.78 is 0. The molecule has 0 aliphatic carbocycles. The summed E-state index contributed by atoms with van der Waals surface area (Å²) in [5, 5.41) is 23.8. The van der Waals surface area contributed by atoms with Crippen molar-refractivity contribution >= 4 is 17.8 Å². The number of hydrogen-bond donors (Lipinski definition) is 2. The zero-order valence-corrected chi connectivity index (χ0v) is 12.3. The fraction of sp³-hybridized carbons (Fsp3) is 0.133. The average Bonchev–Trinajstić information content (AvgIpc) is 2.56. The van der Waals surface area contributed by atoms with Crippen molar-refractivity contribution in [2.75, 3.05) is 0 Å². The van der Waals surface area contributed by atoms with E-state index in [-0.39, 0.29) is 5.69 Å². The Balaban J connectivity index is 2.04. The molecule has 8 heteroatoms. The molecule has 0 unspecified atom stereocenters. The Bertz CT molecular complexity index is 757. The zero-order chi connectivity index (χ0) is 16.8. The monoisotopic (exact) mass is 314 g/mol. The molecule has 1 aromatic heterocycles. The van der Waals surface area contributed by atoms with Crippen LogP contribution in [0.4, 0.5) is 5.69 Å². The summed E-state index contributed by atoms with van der Waals surface area (Å²) in [6.45, 7) is 1.98. The molecule has 0 atom stereocenters. The van der Waals surface area contributed by atoms with Gasteiger partial charge < -0.3 is 5.11 Å². The van der Waals surface area contributed by atoms with Crippen LogP contribution in [0.1, 0.15) is 28.5 Å². The average molecular weight is 314 g/mol. The third kappa shape index (κ3) is 4.10. The second-order valence-corrected chi connectivity index (χ2v) is 4.61. The molecule has 0 aliphatic rings. The molecule has 2 N–H and O–H groups in total. The number of nitrogens with zero attached hydrogens (tertiary/aromatic N) is 3. The van der Waals surface area contributed by atoms with Crippen LogP contribution < -0.4 is 5.43 Å². The largest absolute Gasteiger partial charge is 0.502 e. The fourth-order valence-electron chi connectivity index (χ4n) is 1.76. The smallest absolute Gasteiger partial charge is 0.311 e. The Hall–Kier alpha value is -3.29. The number of hydrogen-bond acceptors (Lipinski definition) is 6. The molecule has 0 radical (unpaired) electrons. The van der Waals surface area contributed by atoms with E-state index in [1.54, 1.807) is 18.3 Å². The molecule has 0 saturated heterocycles. The lowest BCUT2D eigenvalue weighted by Crippen LogP contribution is -2.18. The number of hydrazone groups is 1. The van der Waals surface area contributed by atoms with Crippen molar-refractivity contribution in [1.29, 1.82) is 0 Å². The lowest BCUT2D eigenvalue weighted by Gasteiger charge is -2.01. The minimum Gasteiger partial charge on any atom is -0.502 e. The van der Waals surface area contributed by atoms with Crippen molar-refractivity contribution < 1.29 is 14.8 Å². The van der Waals surface area contributed by atoms with Gasteiger partial charge in [-0.15, -0.1) is 0 Å². The Morgan fingerprint density at radius 3 is 2.83 bits per heavy atom. The van der Waals surface area contributed by atoms with E-state index in [1.165, 1.54) is 18.3 Å². The minimum absolute atomic E-state index is 0.219. The minimum atomic E-state index is -0.704. The van der Waals surface area contributed by atoms with Gasteiger partial charge in [-0.3, -0.25) is 19.9 Å². The second kappa shape index (κ2) is 7.12. The van der Waals surface area contributed by atoms with Crippen molar-refractivity contribution in [3.05, 3.63) is 63.5 Å². The van der Waals surface area contributed by atoms with E-state index in [1.807, 2.05) is 6.92 Å². The van der Waals surface area contributed by atoms with Crippen LogP contribution in [0.5, 0.6) is 5.75 Å². The van der Waals surface area contributed by atoms with E-state index in [4.69, 9.17) is 0 Å². The quantitative estimate of drug-likeness (QED) is 0.497. The number of carbonyl (C=O) groups is 1. The van der Waals surface area contributed by atoms with E-state index < -0.39 is 22.3 Å². The van der Waals surface area contributed by atoms with Crippen LogP contribution in [0.25, 0.3) is 0 Å². The Morgan fingerprint density at radius 1 is 1.43 bits per heavy atom. The summed E-state index contributed by atoms with van der Waals surface area (Å²) in [4.78, 5) is 25.9. The SMILES string of the molecule is CCc1ccc(C(=O)N/N=C/c2ccc(O)c([N+](=O)[O-])c2)nc1. The number of aromatic nitrogens is 1. The number of nitro benzene ring substituents is 1. The van der Waals surface area contributed by atoms with Crippen molar-refractivity contribution in [1.82, 2.24) is 10.4 Å². The maximum Gasteiger partial charge on any atom is 0.311 e. The maximum atomic E-state index is 11.8. The number of nitro groups is 1. The van der Waals surface area contributed by atoms with Crippen LogP contribution in [-0.2, 0) is 6.42 Å². The topological polar surface area (TPSA) is 118 Å². The van der Waals surface area contributed by atoms with Crippen LogP contribution in [0.15, 0.2) is 41.6 Å². The molecule has 118 valence electrons. The van der Waals surface area contributed by atoms with Gasteiger partial charge in [0, 0.05) is 17.8 Å². The van der Waals surface area contributed by atoms with Gasteiger partial charge in [0.15, 0.2) is 5.75 Å². The maximum absolute atomic E-state index is 11.8. The molecule has 0 aliphatic heterocycles. The third-order valence-corrected chi connectivity index (χ3v) is 3.04. The van der Waals surface area contributed by atoms with Gasteiger partial charge >= 0.3 is 5.69 Å². The number of rotatable bonds is 5. The highest BCUT2D eigenvalue weighted by Gasteiger charge is 2.12.